The quantitative estimate of drug-likeness (QED) is 0.836. The standard InChI is InChI=1S/C13H19NO2/c1-14-7-11(9-15)13(8-14)10-3-5-12(16-2)6-4-10/h3-6,11,13,15H,7-9H2,1-2H3/t11-,13-/m1/s1. The molecule has 0 radical (unpaired) electrons. The van der Waals surface area contributed by atoms with Crippen molar-refractivity contribution < 1.29 is 9.84 Å². The van der Waals surface area contributed by atoms with Crippen LogP contribution in [0.25, 0.3) is 0 Å². The van der Waals surface area contributed by atoms with Crippen LogP contribution in [0.3, 0.4) is 0 Å². The molecule has 0 saturated carbocycles. The molecule has 3 heteroatoms. The fraction of sp³-hybridized carbons (Fsp3) is 0.538. The van der Waals surface area contributed by atoms with E-state index in [1.165, 1.54) is 5.56 Å². The molecule has 0 aliphatic carbocycles. The Morgan fingerprint density at radius 2 is 2.00 bits per heavy atom. The van der Waals surface area contributed by atoms with Gasteiger partial charge in [-0.15, -0.1) is 0 Å². The highest BCUT2D eigenvalue weighted by molar-refractivity contribution is 5.30. The first kappa shape index (κ1) is 11.4. The summed E-state index contributed by atoms with van der Waals surface area (Å²) in [6, 6.07) is 8.18. The van der Waals surface area contributed by atoms with Crippen LogP contribution in [0.2, 0.25) is 0 Å². The van der Waals surface area contributed by atoms with Gasteiger partial charge in [0.05, 0.1) is 7.11 Å². The van der Waals surface area contributed by atoms with Gasteiger partial charge in [0, 0.05) is 31.5 Å². The summed E-state index contributed by atoms with van der Waals surface area (Å²) in [5.41, 5.74) is 1.30. The molecule has 16 heavy (non-hydrogen) atoms. The molecule has 3 nitrogen and oxygen atoms in total. The Morgan fingerprint density at radius 1 is 1.31 bits per heavy atom. The van der Waals surface area contributed by atoms with E-state index in [0.29, 0.717) is 11.8 Å². The van der Waals surface area contributed by atoms with Gasteiger partial charge in [0.15, 0.2) is 0 Å². The Hall–Kier alpha value is -1.06. The minimum absolute atomic E-state index is 0.265. The highest BCUT2D eigenvalue weighted by Crippen LogP contribution is 2.32. The summed E-state index contributed by atoms with van der Waals surface area (Å²) in [7, 11) is 3.78. The number of methoxy groups -OCH3 is 1. The van der Waals surface area contributed by atoms with Gasteiger partial charge in [0.25, 0.3) is 0 Å². The van der Waals surface area contributed by atoms with E-state index in [1.807, 2.05) is 12.1 Å². The van der Waals surface area contributed by atoms with Crippen molar-refractivity contribution in [3.63, 3.8) is 0 Å². The van der Waals surface area contributed by atoms with E-state index in [-0.39, 0.29) is 6.61 Å². The molecule has 2 atom stereocenters. The van der Waals surface area contributed by atoms with Gasteiger partial charge < -0.3 is 14.7 Å². The van der Waals surface area contributed by atoms with Crippen molar-refractivity contribution in [2.45, 2.75) is 5.92 Å². The number of rotatable bonds is 3. The van der Waals surface area contributed by atoms with E-state index in [2.05, 4.69) is 24.1 Å². The first-order valence-corrected chi connectivity index (χ1v) is 5.68. The zero-order chi connectivity index (χ0) is 11.5. The number of hydrogen-bond donors (Lipinski definition) is 1. The van der Waals surface area contributed by atoms with Crippen molar-refractivity contribution in [1.82, 2.24) is 4.90 Å². The summed E-state index contributed by atoms with van der Waals surface area (Å²) < 4.78 is 5.15. The maximum absolute atomic E-state index is 9.36. The molecule has 1 saturated heterocycles. The molecule has 1 aliphatic heterocycles. The number of likely N-dealkylation sites (N-methyl/N-ethyl adjacent to an activating group) is 1. The van der Waals surface area contributed by atoms with Crippen LogP contribution in [0.5, 0.6) is 5.75 Å². The van der Waals surface area contributed by atoms with Gasteiger partial charge in [-0.2, -0.15) is 0 Å². The minimum atomic E-state index is 0.265. The molecule has 2 rings (SSSR count). The van der Waals surface area contributed by atoms with Gasteiger partial charge in [0.1, 0.15) is 5.75 Å². The Labute approximate surface area is 96.6 Å². The second-order valence-corrected chi connectivity index (χ2v) is 4.54. The van der Waals surface area contributed by atoms with E-state index in [4.69, 9.17) is 4.74 Å². The predicted octanol–water partition coefficient (Wildman–Crippen LogP) is 1.33. The molecule has 1 aromatic rings. The van der Waals surface area contributed by atoms with Gasteiger partial charge >= 0.3 is 0 Å². The van der Waals surface area contributed by atoms with Crippen molar-refractivity contribution in [2.75, 3.05) is 33.9 Å². The minimum Gasteiger partial charge on any atom is -0.497 e. The Balaban J connectivity index is 2.16. The topological polar surface area (TPSA) is 32.7 Å². The van der Waals surface area contributed by atoms with Gasteiger partial charge in [-0.25, -0.2) is 0 Å². The molecule has 1 fully saturated rings. The lowest BCUT2D eigenvalue weighted by molar-refractivity contribution is 0.219. The first-order chi connectivity index (χ1) is 7.74. The lowest BCUT2D eigenvalue weighted by Gasteiger charge is -2.16. The van der Waals surface area contributed by atoms with Gasteiger partial charge in [-0.1, -0.05) is 12.1 Å². The van der Waals surface area contributed by atoms with Gasteiger partial charge in [0.2, 0.25) is 0 Å². The molecule has 1 aromatic carbocycles. The maximum atomic E-state index is 9.36. The number of aliphatic hydroxyl groups excluding tert-OH is 1. The molecule has 0 spiro atoms. The lowest BCUT2D eigenvalue weighted by Crippen LogP contribution is -2.15. The number of likely N-dealkylation sites (tertiary alicyclic amines) is 1. The highest BCUT2D eigenvalue weighted by Gasteiger charge is 2.31. The number of nitrogens with zero attached hydrogens (tertiary/aromatic N) is 1. The van der Waals surface area contributed by atoms with Crippen LogP contribution in [0.15, 0.2) is 24.3 Å². The summed E-state index contributed by atoms with van der Waals surface area (Å²) in [5, 5.41) is 9.36. The Bertz CT molecular complexity index is 336. The average Bonchev–Trinajstić information content (AvgIpc) is 2.70. The second-order valence-electron chi connectivity index (χ2n) is 4.54. The highest BCUT2D eigenvalue weighted by atomic mass is 16.5. The van der Waals surface area contributed by atoms with Crippen molar-refractivity contribution in [3.8, 4) is 5.75 Å². The molecule has 1 aliphatic rings. The van der Waals surface area contributed by atoms with Crippen molar-refractivity contribution in [3.05, 3.63) is 29.8 Å². The summed E-state index contributed by atoms with van der Waals surface area (Å²) in [6.45, 7) is 2.27. The SMILES string of the molecule is COc1ccc([C@H]2CN(C)C[C@@H]2CO)cc1. The summed E-state index contributed by atoms with van der Waals surface area (Å²) >= 11 is 0. The van der Waals surface area contributed by atoms with Crippen molar-refractivity contribution in [1.29, 1.82) is 0 Å². The third-order valence-electron chi connectivity index (χ3n) is 3.40. The zero-order valence-electron chi connectivity index (χ0n) is 9.89. The van der Waals surface area contributed by atoms with Crippen LogP contribution in [0.4, 0.5) is 0 Å². The number of ether oxygens (including phenoxy) is 1. The van der Waals surface area contributed by atoms with E-state index < -0.39 is 0 Å². The molecule has 88 valence electrons. The fourth-order valence-electron chi connectivity index (χ4n) is 2.50. The van der Waals surface area contributed by atoms with Crippen LogP contribution in [-0.2, 0) is 0 Å². The molecular formula is C13H19NO2. The third kappa shape index (κ3) is 2.20. The molecular weight excluding hydrogens is 202 g/mol. The number of hydrogen-bond acceptors (Lipinski definition) is 3. The Kier molecular flexibility index (Phi) is 3.46. The lowest BCUT2D eigenvalue weighted by atomic mass is 9.89. The monoisotopic (exact) mass is 221 g/mol. The molecule has 1 N–H and O–H groups in total. The van der Waals surface area contributed by atoms with E-state index in [0.717, 1.165) is 18.8 Å². The third-order valence-corrected chi connectivity index (χ3v) is 3.40. The van der Waals surface area contributed by atoms with Crippen LogP contribution >= 0.6 is 0 Å². The molecule has 1 heterocycles. The van der Waals surface area contributed by atoms with Gasteiger partial charge in [-0.05, 0) is 24.7 Å². The second kappa shape index (κ2) is 4.85. The van der Waals surface area contributed by atoms with Crippen LogP contribution in [0.1, 0.15) is 11.5 Å². The normalized spacial score (nSPS) is 25.9. The summed E-state index contributed by atoms with van der Waals surface area (Å²) in [5.74, 6) is 1.69. The fourth-order valence-corrected chi connectivity index (χ4v) is 2.50. The number of benzene rings is 1. The number of aliphatic hydroxyl groups is 1. The first-order valence-electron chi connectivity index (χ1n) is 5.68. The molecule has 0 unspecified atom stereocenters. The summed E-state index contributed by atoms with van der Waals surface area (Å²) in [6.07, 6.45) is 0. The summed E-state index contributed by atoms with van der Waals surface area (Å²) in [4.78, 5) is 2.27. The molecule has 0 bridgehead atoms. The average molecular weight is 221 g/mol. The largest absolute Gasteiger partial charge is 0.497 e. The predicted molar refractivity (Wildman–Crippen MR) is 63.8 cm³/mol. The van der Waals surface area contributed by atoms with E-state index >= 15 is 0 Å². The van der Waals surface area contributed by atoms with Crippen LogP contribution in [0, 0.1) is 5.92 Å². The zero-order valence-corrected chi connectivity index (χ0v) is 9.89. The van der Waals surface area contributed by atoms with Crippen molar-refractivity contribution in [2.24, 2.45) is 5.92 Å². The van der Waals surface area contributed by atoms with Crippen molar-refractivity contribution >= 4 is 0 Å². The molecule has 0 aromatic heterocycles. The van der Waals surface area contributed by atoms with E-state index in [9.17, 15) is 5.11 Å². The maximum Gasteiger partial charge on any atom is 0.118 e. The van der Waals surface area contributed by atoms with Crippen LogP contribution in [-0.4, -0.2) is 43.9 Å². The van der Waals surface area contributed by atoms with Gasteiger partial charge in [-0.3, -0.25) is 0 Å². The molecule has 0 amide bonds. The Morgan fingerprint density at radius 3 is 2.56 bits per heavy atom. The smallest absolute Gasteiger partial charge is 0.118 e. The van der Waals surface area contributed by atoms with E-state index in [1.54, 1.807) is 7.11 Å². The van der Waals surface area contributed by atoms with Crippen LogP contribution < -0.4 is 4.74 Å².